The molecular weight excluding hydrogens is 287 g/mol. The van der Waals surface area contributed by atoms with Gasteiger partial charge >= 0.3 is 5.97 Å². The number of carboxylic acid groups (broad SMARTS) is 1. The zero-order chi connectivity index (χ0) is 16.1. The molecule has 6 heteroatoms. The Morgan fingerprint density at radius 2 is 1.73 bits per heavy atom. The van der Waals surface area contributed by atoms with Gasteiger partial charge in [0.2, 0.25) is 5.91 Å². The fourth-order valence-electron chi connectivity index (χ4n) is 2.66. The highest BCUT2D eigenvalue weighted by molar-refractivity contribution is 5.77. The summed E-state index contributed by atoms with van der Waals surface area (Å²) < 4.78 is 12.9. The lowest BCUT2D eigenvalue weighted by Gasteiger charge is -2.36. The largest absolute Gasteiger partial charge is 0.481 e. The molecule has 22 heavy (non-hydrogen) atoms. The van der Waals surface area contributed by atoms with Crippen LogP contribution in [0.2, 0.25) is 0 Å². The van der Waals surface area contributed by atoms with Gasteiger partial charge in [0.25, 0.3) is 0 Å². The molecule has 1 aliphatic heterocycles. The van der Waals surface area contributed by atoms with Crippen LogP contribution in [0, 0.1) is 11.7 Å². The van der Waals surface area contributed by atoms with Crippen molar-refractivity contribution in [1.82, 2.24) is 4.90 Å². The molecule has 1 atom stereocenters. The van der Waals surface area contributed by atoms with E-state index in [0.717, 1.165) is 5.69 Å². The molecule has 1 aliphatic rings. The molecule has 1 unspecified atom stereocenters. The first-order valence-electron chi connectivity index (χ1n) is 7.46. The highest BCUT2D eigenvalue weighted by Crippen LogP contribution is 2.18. The normalized spacial score (nSPS) is 16.5. The molecule has 120 valence electrons. The molecule has 0 spiro atoms. The summed E-state index contributed by atoms with van der Waals surface area (Å²) in [5, 5.41) is 8.73. The summed E-state index contributed by atoms with van der Waals surface area (Å²) >= 11 is 0. The Balaban J connectivity index is 1.82. The van der Waals surface area contributed by atoms with Crippen molar-refractivity contribution in [2.24, 2.45) is 5.92 Å². The van der Waals surface area contributed by atoms with Crippen molar-refractivity contribution in [3.63, 3.8) is 0 Å². The lowest BCUT2D eigenvalue weighted by Crippen LogP contribution is -2.49. The standard InChI is InChI=1S/C16H21FN2O3/c1-12(11-16(21)22)10-15(20)19-8-6-18(7-9-19)14-4-2-13(17)3-5-14/h2-5,12H,6-11H2,1H3,(H,21,22). The van der Waals surface area contributed by atoms with Crippen molar-refractivity contribution in [1.29, 1.82) is 0 Å². The van der Waals surface area contributed by atoms with E-state index in [2.05, 4.69) is 4.90 Å². The van der Waals surface area contributed by atoms with Crippen LogP contribution in [0.3, 0.4) is 0 Å². The summed E-state index contributed by atoms with van der Waals surface area (Å²) in [6.07, 6.45) is 0.282. The molecule has 1 amide bonds. The number of carboxylic acids is 1. The number of nitrogens with zero attached hydrogens (tertiary/aromatic N) is 2. The van der Waals surface area contributed by atoms with Gasteiger partial charge in [-0.3, -0.25) is 9.59 Å². The quantitative estimate of drug-likeness (QED) is 0.903. The number of benzene rings is 1. The van der Waals surface area contributed by atoms with Gasteiger partial charge in [-0.1, -0.05) is 6.92 Å². The molecule has 0 aliphatic carbocycles. The molecule has 1 N–H and O–H groups in total. The summed E-state index contributed by atoms with van der Waals surface area (Å²) in [5.74, 6) is -1.28. The maximum Gasteiger partial charge on any atom is 0.303 e. The van der Waals surface area contributed by atoms with Crippen molar-refractivity contribution in [2.75, 3.05) is 31.1 Å². The number of amides is 1. The molecule has 5 nitrogen and oxygen atoms in total. The van der Waals surface area contributed by atoms with E-state index in [4.69, 9.17) is 5.11 Å². The van der Waals surface area contributed by atoms with Crippen LogP contribution < -0.4 is 4.90 Å². The number of hydrogen-bond donors (Lipinski definition) is 1. The van der Waals surface area contributed by atoms with Crippen LogP contribution in [0.1, 0.15) is 19.8 Å². The van der Waals surface area contributed by atoms with Gasteiger partial charge in [0.05, 0.1) is 0 Å². The second-order valence-electron chi connectivity index (χ2n) is 5.75. The van der Waals surface area contributed by atoms with Crippen LogP contribution in [0.5, 0.6) is 0 Å². The number of anilines is 1. The van der Waals surface area contributed by atoms with Gasteiger partial charge in [0.15, 0.2) is 0 Å². The highest BCUT2D eigenvalue weighted by Gasteiger charge is 2.23. The predicted octanol–water partition coefficient (Wildman–Crippen LogP) is 1.98. The number of carbonyl (C=O) groups is 2. The van der Waals surface area contributed by atoms with Crippen LogP contribution >= 0.6 is 0 Å². The Morgan fingerprint density at radius 1 is 1.14 bits per heavy atom. The van der Waals surface area contributed by atoms with E-state index >= 15 is 0 Å². The smallest absolute Gasteiger partial charge is 0.303 e. The average Bonchev–Trinajstić information content (AvgIpc) is 2.47. The van der Waals surface area contributed by atoms with Gasteiger partial charge in [-0.25, -0.2) is 4.39 Å². The lowest BCUT2D eigenvalue weighted by atomic mass is 10.0. The van der Waals surface area contributed by atoms with Gasteiger partial charge in [-0.05, 0) is 30.2 Å². The van der Waals surface area contributed by atoms with E-state index in [0.29, 0.717) is 26.2 Å². The van der Waals surface area contributed by atoms with Gasteiger partial charge in [-0.15, -0.1) is 0 Å². The van der Waals surface area contributed by atoms with Crippen molar-refractivity contribution >= 4 is 17.6 Å². The van der Waals surface area contributed by atoms with E-state index in [1.54, 1.807) is 24.0 Å². The Morgan fingerprint density at radius 3 is 2.27 bits per heavy atom. The number of halogens is 1. The third kappa shape index (κ3) is 4.44. The summed E-state index contributed by atoms with van der Waals surface area (Å²) in [7, 11) is 0. The van der Waals surface area contributed by atoms with Crippen molar-refractivity contribution in [2.45, 2.75) is 19.8 Å². The van der Waals surface area contributed by atoms with E-state index in [9.17, 15) is 14.0 Å². The first-order chi connectivity index (χ1) is 10.5. The van der Waals surface area contributed by atoms with Gasteiger partial charge in [0.1, 0.15) is 5.82 Å². The van der Waals surface area contributed by atoms with Crippen molar-refractivity contribution < 1.29 is 19.1 Å². The molecule has 1 aromatic rings. The van der Waals surface area contributed by atoms with Crippen LogP contribution in [0.15, 0.2) is 24.3 Å². The first-order valence-corrected chi connectivity index (χ1v) is 7.46. The highest BCUT2D eigenvalue weighted by atomic mass is 19.1. The summed E-state index contributed by atoms with van der Waals surface area (Å²) in [5.41, 5.74) is 0.952. The zero-order valence-electron chi connectivity index (χ0n) is 12.7. The number of hydrogen-bond acceptors (Lipinski definition) is 3. The second-order valence-corrected chi connectivity index (χ2v) is 5.75. The van der Waals surface area contributed by atoms with Crippen LogP contribution in [-0.4, -0.2) is 48.1 Å². The van der Waals surface area contributed by atoms with Gasteiger partial charge in [0, 0.05) is 44.7 Å². The van der Waals surface area contributed by atoms with E-state index in [1.807, 2.05) is 0 Å². The Labute approximate surface area is 129 Å². The van der Waals surface area contributed by atoms with Crippen LogP contribution in [0.4, 0.5) is 10.1 Å². The third-order valence-electron chi connectivity index (χ3n) is 3.87. The first kappa shape index (κ1) is 16.3. The van der Waals surface area contributed by atoms with Gasteiger partial charge in [-0.2, -0.15) is 0 Å². The van der Waals surface area contributed by atoms with Gasteiger partial charge < -0.3 is 14.9 Å². The summed E-state index contributed by atoms with van der Waals surface area (Å²) in [6.45, 7) is 4.39. The molecular formula is C16H21FN2O3. The predicted molar refractivity (Wildman–Crippen MR) is 81.2 cm³/mol. The fraction of sp³-hybridized carbons (Fsp3) is 0.500. The zero-order valence-corrected chi connectivity index (χ0v) is 12.7. The third-order valence-corrected chi connectivity index (χ3v) is 3.87. The fourth-order valence-corrected chi connectivity index (χ4v) is 2.66. The maximum atomic E-state index is 12.9. The summed E-state index contributed by atoms with van der Waals surface area (Å²) in [4.78, 5) is 26.7. The summed E-state index contributed by atoms with van der Waals surface area (Å²) in [6, 6.07) is 6.34. The molecule has 1 heterocycles. The minimum atomic E-state index is -0.874. The molecule has 0 bridgehead atoms. The minimum absolute atomic E-state index is 0.00695. The molecule has 1 fully saturated rings. The molecule has 1 saturated heterocycles. The van der Waals surface area contributed by atoms with Crippen molar-refractivity contribution in [3.05, 3.63) is 30.1 Å². The molecule has 1 aromatic carbocycles. The van der Waals surface area contributed by atoms with Crippen molar-refractivity contribution in [3.8, 4) is 0 Å². The Hall–Kier alpha value is -2.11. The van der Waals surface area contributed by atoms with Crippen LogP contribution in [-0.2, 0) is 9.59 Å². The Kier molecular flexibility index (Phi) is 5.35. The maximum absolute atomic E-state index is 12.9. The molecule has 0 saturated carbocycles. The van der Waals surface area contributed by atoms with E-state index in [-0.39, 0.29) is 30.5 Å². The molecule has 2 rings (SSSR count). The number of piperazine rings is 1. The number of rotatable bonds is 5. The van der Waals surface area contributed by atoms with Crippen LogP contribution in [0.25, 0.3) is 0 Å². The number of aliphatic carboxylic acids is 1. The monoisotopic (exact) mass is 308 g/mol. The molecule has 0 aromatic heterocycles. The second kappa shape index (κ2) is 7.24. The van der Waals surface area contributed by atoms with E-state index in [1.165, 1.54) is 12.1 Å². The topological polar surface area (TPSA) is 60.9 Å². The SMILES string of the molecule is CC(CC(=O)O)CC(=O)N1CCN(c2ccc(F)cc2)CC1. The minimum Gasteiger partial charge on any atom is -0.481 e. The Bertz CT molecular complexity index is 525. The average molecular weight is 308 g/mol. The number of carbonyl (C=O) groups excluding carboxylic acids is 1. The molecule has 0 radical (unpaired) electrons. The van der Waals surface area contributed by atoms with E-state index < -0.39 is 5.97 Å². The lowest BCUT2D eigenvalue weighted by molar-refractivity contribution is -0.138.